The van der Waals surface area contributed by atoms with Gasteiger partial charge in [-0.1, -0.05) is 20.8 Å². The fourth-order valence-electron chi connectivity index (χ4n) is 3.11. The quantitative estimate of drug-likeness (QED) is 0.792. The van der Waals surface area contributed by atoms with Crippen LogP contribution in [0.1, 0.15) is 51.1 Å². The van der Waals surface area contributed by atoms with E-state index in [2.05, 4.69) is 29.4 Å². The van der Waals surface area contributed by atoms with E-state index in [1.807, 2.05) is 13.8 Å². The standard InChI is InChI=1S/C19H31N3O3/c1-13(2)17(21-18(23)16-6-5-11-25-16)19(24)20-12-15(4)22-9-7-14(3)8-10-22/h5-6,11,13-15,17H,7-10,12H2,1-4H3,(H,20,24)(H,21,23). The molecule has 1 aromatic rings. The molecule has 0 radical (unpaired) electrons. The van der Waals surface area contributed by atoms with Gasteiger partial charge >= 0.3 is 0 Å². The van der Waals surface area contributed by atoms with Crippen LogP contribution in [0.5, 0.6) is 0 Å². The van der Waals surface area contributed by atoms with E-state index in [9.17, 15) is 9.59 Å². The molecule has 2 N–H and O–H groups in total. The van der Waals surface area contributed by atoms with E-state index in [4.69, 9.17) is 4.42 Å². The fourth-order valence-corrected chi connectivity index (χ4v) is 3.11. The van der Waals surface area contributed by atoms with E-state index in [0.29, 0.717) is 12.6 Å². The zero-order valence-corrected chi connectivity index (χ0v) is 15.7. The molecule has 2 unspecified atom stereocenters. The minimum Gasteiger partial charge on any atom is -0.459 e. The zero-order valence-electron chi connectivity index (χ0n) is 15.7. The van der Waals surface area contributed by atoms with Crippen LogP contribution >= 0.6 is 0 Å². The van der Waals surface area contributed by atoms with E-state index in [0.717, 1.165) is 19.0 Å². The molecule has 1 saturated heterocycles. The van der Waals surface area contributed by atoms with Crippen molar-refractivity contribution in [2.24, 2.45) is 11.8 Å². The third kappa shape index (κ3) is 5.59. The summed E-state index contributed by atoms with van der Waals surface area (Å²) in [7, 11) is 0. The predicted molar refractivity (Wildman–Crippen MR) is 97.2 cm³/mol. The number of hydrogen-bond donors (Lipinski definition) is 2. The Balaban J connectivity index is 1.84. The third-order valence-electron chi connectivity index (χ3n) is 4.99. The van der Waals surface area contributed by atoms with Gasteiger partial charge in [-0.05, 0) is 56.8 Å². The topological polar surface area (TPSA) is 74.6 Å². The van der Waals surface area contributed by atoms with Gasteiger partial charge in [0.05, 0.1) is 6.26 Å². The van der Waals surface area contributed by atoms with Crippen molar-refractivity contribution in [1.82, 2.24) is 15.5 Å². The summed E-state index contributed by atoms with van der Waals surface area (Å²) in [6.45, 7) is 11.0. The van der Waals surface area contributed by atoms with Crippen molar-refractivity contribution in [1.29, 1.82) is 0 Å². The van der Waals surface area contributed by atoms with Crippen LogP contribution in [0.15, 0.2) is 22.8 Å². The first-order valence-corrected chi connectivity index (χ1v) is 9.24. The molecule has 140 valence electrons. The predicted octanol–water partition coefficient (Wildman–Crippen LogP) is 2.27. The molecule has 6 nitrogen and oxygen atoms in total. The van der Waals surface area contributed by atoms with Crippen LogP contribution < -0.4 is 10.6 Å². The summed E-state index contributed by atoms with van der Waals surface area (Å²) < 4.78 is 5.09. The normalized spacial score (nSPS) is 18.8. The van der Waals surface area contributed by atoms with Gasteiger partial charge in [-0.2, -0.15) is 0 Å². The SMILES string of the molecule is CC1CCN(C(C)CNC(=O)C(NC(=O)c2ccco2)C(C)C)CC1. The molecule has 0 spiro atoms. The Hall–Kier alpha value is -1.82. The van der Waals surface area contributed by atoms with Gasteiger partial charge in [-0.3, -0.25) is 14.5 Å². The van der Waals surface area contributed by atoms with Crippen molar-refractivity contribution >= 4 is 11.8 Å². The monoisotopic (exact) mass is 349 g/mol. The number of piperidine rings is 1. The Bertz CT molecular complexity index is 548. The Morgan fingerprint density at radius 3 is 2.52 bits per heavy atom. The van der Waals surface area contributed by atoms with Crippen LogP contribution in [0.25, 0.3) is 0 Å². The maximum Gasteiger partial charge on any atom is 0.287 e. The molecule has 1 fully saturated rings. The average Bonchev–Trinajstić information content (AvgIpc) is 3.12. The number of likely N-dealkylation sites (tertiary alicyclic amines) is 1. The third-order valence-corrected chi connectivity index (χ3v) is 4.99. The van der Waals surface area contributed by atoms with Crippen molar-refractivity contribution in [3.63, 3.8) is 0 Å². The van der Waals surface area contributed by atoms with Gasteiger partial charge in [-0.15, -0.1) is 0 Å². The molecular formula is C19H31N3O3. The van der Waals surface area contributed by atoms with Crippen molar-refractivity contribution in [2.75, 3.05) is 19.6 Å². The van der Waals surface area contributed by atoms with Gasteiger partial charge in [0.25, 0.3) is 5.91 Å². The smallest absolute Gasteiger partial charge is 0.287 e. The van der Waals surface area contributed by atoms with Crippen LogP contribution in [0.3, 0.4) is 0 Å². The van der Waals surface area contributed by atoms with Gasteiger partial charge in [0, 0.05) is 12.6 Å². The number of nitrogens with one attached hydrogen (secondary N) is 2. The molecule has 1 aromatic heterocycles. The molecule has 2 heterocycles. The summed E-state index contributed by atoms with van der Waals surface area (Å²) in [5, 5.41) is 5.77. The summed E-state index contributed by atoms with van der Waals surface area (Å²) in [6.07, 6.45) is 3.87. The van der Waals surface area contributed by atoms with E-state index in [1.165, 1.54) is 19.1 Å². The van der Waals surface area contributed by atoms with E-state index in [-0.39, 0.29) is 23.5 Å². The van der Waals surface area contributed by atoms with Crippen molar-refractivity contribution in [2.45, 2.75) is 52.6 Å². The second kappa shape index (κ2) is 9.04. The lowest BCUT2D eigenvalue weighted by molar-refractivity contribution is -0.124. The highest BCUT2D eigenvalue weighted by atomic mass is 16.3. The van der Waals surface area contributed by atoms with Gasteiger partial charge in [-0.25, -0.2) is 0 Å². The molecule has 0 aromatic carbocycles. The molecule has 1 aliphatic heterocycles. The van der Waals surface area contributed by atoms with Gasteiger partial charge in [0.15, 0.2) is 5.76 Å². The van der Waals surface area contributed by atoms with Gasteiger partial charge in [0.2, 0.25) is 5.91 Å². The fraction of sp³-hybridized carbons (Fsp3) is 0.684. The minimum atomic E-state index is -0.578. The summed E-state index contributed by atoms with van der Waals surface area (Å²) in [5.41, 5.74) is 0. The van der Waals surface area contributed by atoms with Gasteiger partial charge in [0.1, 0.15) is 6.04 Å². The lowest BCUT2D eigenvalue weighted by atomic mass is 9.98. The molecule has 2 atom stereocenters. The van der Waals surface area contributed by atoms with Gasteiger partial charge < -0.3 is 15.1 Å². The molecule has 2 rings (SSSR count). The lowest BCUT2D eigenvalue weighted by Gasteiger charge is -2.35. The van der Waals surface area contributed by atoms with Crippen LogP contribution in [0, 0.1) is 11.8 Å². The number of hydrogen-bond acceptors (Lipinski definition) is 4. The minimum absolute atomic E-state index is 0.00921. The zero-order chi connectivity index (χ0) is 18.4. The highest BCUT2D eigenvalue weighted by molar-refractivity contribution is 5.95. The molecule has 25 heavy (non-hydrogen) atoms. The number of furan rings is 1. The van der Waals surface area contributed by atoms with Crippen molar-refractivity contribution < 1.29 is 14.0 Å². The second-order valence-corrected chi connectivity index (χ2v) is 7.49. The highest BCUT2D eigenvalue weighted by Crippen LogP contribution is 2.17. The molecule has 6 heteroatoms. The molecular weight excluding hydrogens is 318 g/mol. The van der Waals surface area contributed by atoms with Crippen LogP contribution in [0.4, 0.5) is 0 Å². The second-order valence-electron chi connectivity index (χ2n) is 7.49. The lowest BCUT2D eigenvalue weighted by Crippen LogP contribution is -2.52. The summed E-state index contributed by atoms with van der Waals surface area (Å²) in [6, 6.07) is 2.96. The maximum atomic E-state index is 12.6. The Kier molecular flexibility index (Phi) is 7.05. The average molecular weight is 349 g/mol. The molecule has 2 amide bonds. The van der Waals surface area contributed by atoms with Crippen LogP contribution in [-0.2, 0) is 4.79 Å². The first-order valence-electron chi connectivity index (χ1n) is 9.24. The number of carbonyl (C=O) groups excluding carboxylic acids is 2. The van der Waals surface area contributed by atoms with E-state index < -0.39 is 6.04 Å². The molecule has 0 bridgehead atoms. The summed E-state index contributed by atoms with van der Waals surface area (Å²) in [5.74, 6) is 0.489. The number of carbonyl (C=O) groups is 2. The molecule has 0 saturated carbocycles. The molecule has 0 aliphatic carbocycles. The highest BCUT2D eigenvalue weighted by Gasteiger charge is 2.27. The Morgan fingerprint density at radius 1 is 1.28 bits per heavy atom. The first kappa shape index (κ1) is 19.5. The van der Waals surface area contributed by atoms with Crippen molar-refractivity contribution in [3.8, 4) is 0 Å². The largest absolute Gasteiger partial charge is 0.459 e. The summed E-state index contributed by atoms with van der Waals surface area (Å²) in [4.78, 5) is 27.1. The summed E-state index contributed by atoms with van der Waals surface area (Å²) >= 11 is 0. The number of rotatable bonds is 7. The van der Waals surface area contributed by atoms with E-state index in [1.54, 1.807) is 12.1 Å². The first-order chi connectivity index (χ1) is 11.9. The Labute approximate surface area is 150 Å². The maximum absolute atomic E-state index is 12.6. The molecule has 1 aliphatic rings. The Morgan fingerprint density at radius 2 is 1.96 bits per heavy atom. The number of amides is 2. The van der Waals surface area contributed by atoms with Crippen molar-refractivity contribution in [3.05, 3.63) is 24.2 Å². The van der Waals surface area contributed by atoms with Crippen LogP contribution in [0.2, 0.25) is 0 Å². The van der Waals surface area contributed by atoms with E-state index >= 15 is 0 Å². The number of nitrogens with zero attached hydrogens (tertiary/aromatic N) is 1. The van der Waals surface area contributed by atoms with Crippen LogP contribution in [-0.4, -0.2) is 48.4 Å².